The highest BCUT2D eigenvalue weighted by molar-refractivity contribution is 7.03. The molecule has 0 bridgehead atoms. The zero-order valence-electron chi connectivity index (χ0n) is 43.0. The average molecular weight is 1000 g/mol. The standard InChI is InChI=1S/C72H52N2Si2/c1-75(2)65-30-11-7-26-61(65)73(62-27-8-12-31-66(62)75)49-37-39-58-59(43-49)70(48-35-34-45-18-5-6-19-47(45)42-48)57-38-36-50(74-63-28-9-13-32-67(63)76(3,4)68-33-14-10-29-64(68)74)44-60(57)72(58)56-41-40-55-52-23-16-21-46-20-15-22-51(69(46)52)53-24-17-25-54(56)71(53)55/h5-44H,1-4H3. The number of hydrogen-bond donors (Lipinski definition) is 0. The van der Waals surface area contributed by atoms with Crippen molar-refractivity contribution in [2.45, 2.75) is 26.2 Å². The first-order valence-corrected chi connectivity index (χ1v) is 32.8. The topological polar surface area (TPSA) is 6.48 Å². The van der Waals surface area contributed by atoms with E-state index in [9.17, 15) is 0 Å². The number of hydrogen-bond acceptors (Lipinski definition) is 2. The number of nitrogens with zero attached hydrogens (tertiary/aromatic N) is 2. The van der Waals surface area contributed by atoms with Crippen molar-refractivity contribution in [3.05, 3.63) is 243 Å². The van der Waals surface area contributed by atoms with Crippen molar-refractivity contribution in [3.63, 3.8) is 0 Å². The lowest BCUT2D eigenvalue weighted by Crippen LogP contribution is -2.58. The Morgan fingerprint density at radius 3 is 1.22 bits per heavy atom. The van der Waals surface area contributed by atoms with Gasteiger partial charge in [0.2, 0.25) is 0 Å². The average Bonchev–Trinajstić information content (AvgIpc) is 3.48. The van der Waals surface area contributed by atoms with E-state index >= 15 is 0 Å². The molecule has 4 heteroatoms. The van der Waals surface area contributed by atoms with Gasteiger partial charge in [-0.25, -0.2) is 0 Å². The number of para-hydroxylation sites is 4. The maximum absolute atomic E-state index is 2.56. The summed E-state index contributed by atoms with van der Waals surface area (Å²) in [7, 11) is -4.06. The highest BCUT2D eigenvalue weighted by atomic mass is 28.3. The minimum absolute atomic E-state index is 1.16. The quantitative estimate of drug-likeness (QED) is 0.0985. The molecule has 0 saturated carbocycles. The van der Waals surface area contributed by atoms with Gasteiger partial charge < -0.3 is 9.80 Å². The van der Waals surface area contributed by atoms with Crippen LogP contribution < -0.4 is 30.5 Å². The molecule has 14 aromatic rings. The van der Waals surface area contributed by atoms with Gasteiger partial charge in [-0.3, -0.25) is 0 Å². The van der Waals surface area contributed by atoms with E-state index in [0.29, 0.717) is 0 Å². The summed E-state index contributed by atoms with van der Waals surface area (Å²) >= 11 is 0. The number of rotatable bonds is 4. The highest BCUT2D eigenvalue weighted by Gasteiger charge is 2.40. The van der Waals surface area contributed by atoms with Crippen molar-refractivity contribution in [1.82, 2.24) is 0 Å². The fourth-order valence-electron chi connectivity index (χ4n) is 14.2. The summed E-state index contributed by atoms with van der Waals surface area (Å²) in [4.78, 5) is 5.11. The molecule has 2 aliphatic rings. The molecule has 2 heterocycles. The van der Waals surface area contributed by atoms with Gasteiger partial charge in [-0.1, -0.05) is 214 Å². The van der Waals surface area contributed by atoms with Crippen LogP contribution in [0.15, 0.2) is 243 Å². The normalized spacial score (nSPS) is 14.5. The third kappa shape index (κ3) is 5.97. The first-order valence-electron chi connectivity index (χ1n) is 26.8. The first kappa shape index (κ1) is 43.6. The van der Waals surface area contributed by atoms with Gasteiger partial charge in [0.15, 0.2) is 0 Å². The molecule has 0 spiro atoms. The summed E-state index contributed by atoms with van der Waals surface area (Å²) < 4.78 is 0. The van der Waals surface area contributed by atoms with Crippen molar-refractivity contribution >= 4 is 146 Å². The molecule has 0 unspecified atom stereocenters. The minimum atomic E-state index is -2.03. The van der Waals surface area contributed by atoms with Crippen LogP contribution in [0.2, 0.25) is 26.2 Å². The van der Waals surface area contributed by atoms with Gasteiger partial charge in [0.25, 0.3) is 0 Å². The molecule has 0 atom stereocenters. The van der Waals surface area contributed by atoms with Crippen LogP contribution in [0.5, 0.6) is 0 Å². The second-order valence-electron chi connectivity index (χ2n) is 22.4. The van der Waals surface area contributed by atoms with Crippen LogP contribution in [0.1, 0.15) is 0 Å². The minimum Gasteiger partial charge on any atom is -0.311 e. The Hall–Kier alpha value is -8.81. The van der Waals surface area contributed by atoms with Gasteiger partial charge in [0.1, 0.15) is 16.1 Å². The third-order valence-electron chi connectivity index (χ3n) is 17.7. The van der Waals surface area contributed by atoms with Crippen LogP contribution in [0, 0.1) is 0 Å². The Morgan fingerprint density at radius 1 is 0.263 bits per heavy atom. The lowest BCUT2D eigenvalue weighted by molar-refractivity contribution is 1.29. The van der Waals surface area contributed by atoms with Gasteiger partial charge in [0, 0.05) is 34.1 Å². The molecule has 0 N–H and O–H groups in total. The van der Waals surface area contributed by atoms with Crippen molar-refractivity contribution in [2.75, 3.05) is 9.80 Å². The van der Waals surface area contributed by atoms with Crippen LogP contribution >= 0.6 is 0 Å². The van der Waals surface area contributed by atoms with Crippen LogP contribution in [-0.4, -0.2) is 16.1 Å². The van der Waals surface area contributed by atoms with Crippen LogP contribution in [-0.2, 0) is 0 Å². The van der Waals surface area contributed by atoms with E-state index in [1.54, 1.807) is 0 Å². The fourth-order valence-corrected chi connectivity index (χ4v) is 20.2. The Kier molecular flexibility index (Phi) is 9.09. The van der Waals surface area contributed by atoms with E-state index < -0.39 is 16.1 Å². The molecule has 16 rings (SSSR count). The number of benzene rings is 14. The Balaban J connectivity index is 1.06. The smallest absolute Gasteiger partial charge is 0.117 e. The number of anilines is 6. The van der Waals surface area contributed by atoms with Crippen molar-refractivity contribution in [2.24, 2.45) is 0 Å². The predicted molar refractivity (Wildman–Crippen MR) is 334 cm³/mol. The SMILES string of the molecule is C[Si]1(C)c2ccccc2N(c2ccc3c(-c4ccc5c6cccc7cccc(c8cccc4c85)c76)c4cc(N5c6ccccc6[Si](C)(C)c6ccccc65)ccc4c(-c4ccc5ccccc5c4)c3c2)c2ccccc21. The molecule has 0 aromatic heterocycles. The Morgan fingerprint density at radius 2 is 0.671 bits per heavy atom. The second-order valence-corrected chi connectivity index (χ2v) is 31.0. The van der Waals surface area contributed by atoms with Gasteiger partial charge in [0.05, 0.1) is 0 Å². The zero-order chi connectivity index (χ0) is 50.6. The van der Waals surface area contributed by atoms with Crippen LogP contribution in [0.25, 0.3) is 97.7 Å². The van der Waals surface area contributed by atoms with Gasteiger partial charge in [-0.2, -0.15) is 0 Å². The van der Waals surface area contributed by atoms with Gasteiger partial charge in [-0.05, 0) is 173 Å². The van der Waals surface area contributed by atoms with E-state index in [0.717, 1.165) is 11.4 Å². The second kappa shape index (κ2) is 15.9. The molecule has 14 aromatic carbocycles. The molecule has 0 amide bonds. The zero-order valence-corrected chi connectivity index (χ0v) is 45.0. The summed E-state index contributed by atoms with van der Waals surface area (Å²) in [6, 6.07) is 92.9. The molecule has 0 fully saturated rings. The third-order valence-corrected chi connectivity index (χ3v) is 24.8. The van der Waals surface area contributed by atoms with Gasteiger partial charge in [-0.15, -0.1) is 0 Å². The van der Waals surface area contributed by atoms with Crippen molar-refractivity contribution < 1.29 is 0 Å². The van der Waals surface area contributed by atoms with Crippen molar-refractivity contribution in [1.29, 1.82) is 0 Å². The van der Waals surface area contributed by atoms with E-state index in [2.05, 4.69) is 279 Å². The maximum atomic E-state index is 2.56. The monoisotopic (exact) mass is 1000 g/mol. The van der Waals surface area contributed by atoms with E-state index in [4.69, 9.17) is 0 Å². The van der Waals surface area contributed by atoms with Crippen LogP contribution in [0.4, 0.5) is 34.1 Å². The molecule has 2 nitrogen and oxygen atoms in total. The summed E-state index contributed by atoms with van der Waals surface area (Å²) in [5.74, 6) is 0. The molecule has 76 heavy (non-hydrogen) atoms. The molecule has 2 aliphatic heterocycles. The lowest BCUT2D eigenvalue weighted by Gasteiger charge is -2.41. The molecule has 0 radical (unpaired) electrons. The maximum Gasteiger partial charge on any atom is 0.117 e. The van der Waals surface area contributed by atoms with E-state index in [1.807, 2.05) is 0 Å². The molecule has 358 valence electrons. The first-order chi connectivity index (χ1) is 37.2. The number of fused-ring (bicyclic) bond motifs is 9. The lowest BCUT2D eigenvalue weighted by atomic mass is 9.82. The molecule has 0 aliphatic carbocycles. The fraction of sp³-hybridized carbons (Fsp3) is 0.0556. The summed E-state index contributed by atoms with van der Waals surface area (Å²) in [5.41, 5.74) is 12.4. The molecular weight excluding hydrogens is 949 g/mol. The van der Waals surface area contributed by atoms with Crippen molar-refractivity contribution in [3.8, 4) is 22.3 Å². The molecular formula is C72H52N2Si2. The van der Waals surface area contributed by atoms with E-state index in [-0.39, 0.29) is 0 Å². The Labute approximate surface area is 444 Å². The molecule has 0 saturated heterocycles. The predicted octanol–water partition coefficient (Wildman–Crippen LogP) is 17.7. The highest BCUT2D eigenvalue weighted by Crippen LogP contribution is 2.52. The summed E-state index contributed by atoms with van der Waals surface area (Å²) in [5, 5.41) is 23.7. The summed E-state index contributed by atoms with van der Waals surface area (Å²) in [6.45, 7) is 10.0. The largest absolute Gasteiger partial charge is 0.311 e. The van der Waals surface area contributed by atoms with Gasteiger partial charge >= 0.3 is 0 Å². The van der Waals surface area contributed by atoms with E-state index in [1.165, 1.54) is 141 Å². The Bertz CT molecular complexity index is 4650. The van der Waals surface area contributed by atoms with Crippen LogP contribution in [0.3, 0.4) is 0 Å². The summed E-state index contributed by atoms with van der Waals surface area (Å²) in [6.07, 6.45) is 0.